The van der Waals surface area contributed by atoms with Crippen LogP contribution in [0.25, 0.3) is 10.2 Å². The topological polar surface area (TPSA) is 105 Å². The first-order valence-electron chi connectivity index (χ1n) is 11.6. The van der Waals surface area contributed by atoms with Gasteiger partial charge >= 0.3 is 5.97 Å². The van der Waals surface area contributed by atoms with Crippen LogP contribution in [0.3, 0.4) is 0 Å². The van der Waals surface area contributed by atoms with E-state index in [0.29, 0.717) is 45.6 Å². The molecule has 0 saturated heterocycles. The predicted octanol–water partition coefficient (Wildman–Crippen LogP) is 3.56. The zero-order valence-corrected chi connectivity index (χ0v) is 20.6. The largest absolute Gasteiger partial charge is 0.457 e. The third-order valence-corrected chi connectivity index (χ3v) is 7.04. The second kappa shape index (κ2) is 11.9. The number of H-pyrrole nitrogens is 1. The Bertz CT molecular complexity index is 1010. The molecule has 3 rings (SSSR count). The number of aromatic nitrogens is 2. The minimum absolute atomic E-state index is 0.0534. The van der Waals surface area contributed by atoms with Crippen molar-refractivity contribution in [2.75, 3.05) is 19.8 Å². The quantitative estimate of drug-likeness (QED) is 0.377. The Labute approximate surface area is 198 Å². The molecule has 0 aromatic carbocycles. The number of esters is 1. The summed E-state index contributed by atoms with van der Waals surface area (Å²) in [6.45, 7) is 10.4. The average molecular weight is 478 g/mol. The molecule has 1 fully saturated rings. The maximum atomic E-state index is 12.9. The Morgan fingerprint density at radius 2 is 2.09 bits per heavy atom. The summed E-state index contributed by atoms with van der Waals surface area (Å²) in [4.78, 5) is 35.9. The molecule has 2 N–H and O–H groups in total. The minimum Gasteiger partial charge on any atom is -0.457 e. The highest BCUT2D eigenvalue weighted by Crippen LogP contribution is 2.28. The summed E-state index contributed by atoms with van der Waals surface area (Å²) in [6.07, 6.45) is 6.58. The molecule has 0 amide bonds. The fraction of sp³-hybridized carbons (Fsp3) is 0.625. The standard InChI is InChI=1S/C24H35N3O5S/c1-5-11-31-24(30)21-16(4)20-22(29)25-19(26-23(20)33-21)13-27(17-9-7-6-8-10-17)12-18(28)14-32-15(2)3/h5,15,17-18,28H,1,6-14H2,2-4H3,(H,25,26,29). The third-order valence-electron chi connectivity index (χ3n) is 5.88. The molecule has 0 spiro atoms. The van der Waals surface area contributed by atoms with E-state index in [1.54, 1.807) is 6.92 Å². The maximum absolute atomic E-state index is 12.9. The molecule has 0 radical (unpaired) electrons. The van der Waals surface area contributed by atoms with Crippen LogP contribution < -0.4 is 5.56 Å². The van der Waals surface area contributed by atoms with E-state index in [-0.39, 0.29) is 24.9 Å². The number of aromatic amines is 1. The van der Waals surface area contributed by atoms with Crippen molar-refractivity contribution < 1.29 is 19.4 Å². The second-order valence-corrected chi connectivity index (χ2v) is 9.89. The first kappa shape index (κ1) is 25.6. The summed E-state index contributed by atoms with van der Waals surface area (Å²) >= 11 is 1.17. The van der Waals surface area contributed by atoms with Gasteiger partial charge in [0.1, 0.15) is 22.1 Å². The predicted molar refractivity (Wildman–Crippen MR) is 130 cm³/mol. The molecular formula is C24H35N3O5S. The van der Waals surface area contributed by atoms with Crippen LogP contribution in [-0.2, 0) is 16.0 Å². The summed E-state index contributed by atoms with van der Waals surface area (Å²) in [6, 6.07) is 0.322. The molecule has 182 valence electrons. The van der Waals surface area contributed by atoms with Gasteiger partial charge in [0.2, 0.25) is 0 Å². The number of thiophene rings is 1. The summed E-state index contributed by atoms with van der Waals surface area (Å²) in [7, 11) is 0. The lowest BCUT2D eigenvalue weighted by Crippen LogP contribution is -2.43. The number of hydrogen-bond acceptors (Lipinski definition) is 8. The molecular weight excluding hydrogens is 442 g/mol. The van der Waals surface area contributed by atoms with Gasteiger partial charge in [0.25, 0.3) is 5.56 Å². The van der Waals surface area contributed by atoms with Crippen molar-refractivity contribution in [3.05, 3.63) is 39.3 Å². The highest BCUT2D eigenvalue weighted by Gasteiger charge is 2.26. The van der Waals surface area contributed by atoms with Crippen molar-refractivity contribution in [1.82, 2.24) is 14.9 Å². The van der Waals surface area contributed by atoms with E-state index in [0.717, 1.165) is 25.7 Å². The molecule has 1 aliphatic carbocycles. The van der Waals surface area contributed by atoms with Gasteiger partial charge in [-0.2, -0.15) is 0 Å². The van der Waals surface area contributed by atoms with Crippen LogP contribution in [0.2, 0.25) is 0 Å². The van der Waals surface area contributed by atoms with Crippen LogP contribution >= 0.6 is 11.3 Å². The van der Waals surface area contributed by atoms with Crippen molar-refractivity contribution >= 4 is 27.5 Å². The average Bonchev–Trinajstić information content (AvgIpc) is 3.13. The zero-order chi connectivity index (χ0) is 24.0. The Balaban J connectivity index is 1.84. The second-order valence-electron chi connectivity index (χ2n) is 8.89. The maximum Gasteiger partial charge on any atom is 0.348 e. The van der Waals surface area contributed by atoms with Crippen molar-refractivity contribution in [1.29, 1.82) is 0 Å². The number of rotatable bonds is 11. The van der Waals surface area contributed by atoms with E-state index in [1.807, 2.05) is 13.8 Å². The van der Waals surface area contributed by atoms with Crippen molar-refractivity contribution in [3.8, 4) is 0 Å². The number of fused-ring (bicyclic) bond motifs is 1. The van der Waals surface area contributed by atoms with Crippen LogP contribution in [0.1, 0.15) is 67.0 Å². The lowest BCUT2D eigenvalue weighted by atomic mass is 9.94. The molecule has 9 heteroatoms. The smallest absolute Gasteiger partial charge is 0.348 e. The third kappa shape index (κ3) is 6.72. The normalized spacial score (nSPS) is 15.9. The lowest BCUT2D eigenvalue weighted by molar-refractivity contribution is -0.0189. The van der Waals surface area contributed by atoms with Crippen molar-refractivity contribution in [2.24, 2.45) is 0 Å². The summed E-state index contributed by atoms with van der Waals surface area (Å²) in [5, 5.41) is 11.0. The van der Waals surface area contributed by atoms with E-state index in [2.05, 4.69) is 21.4 Å². The van der Waals surface area contributed by atoms with E-state index < -0.39 is 12.1 Å². The highest BCUT2D eigenvalue weighted by atomic mass is 32.1. The molecule has 2 heterocycles. The fourth-order valence-electron chi connectivity index (χ4n) is 4.27. The minimum atomic E-state index is -0.625. The van der Waals surface area contributed by atoms with E-state index in [4.69, 9.17) is 9.47 Å². The molecule has 0 aliphatic heterocycles. The molecule has 1 unspecified atom stereocenters. The van der Waals surface area contributed by atoms with E-state index in [1.165, 1.54) is 23.8 Å². The molecule has 1 atom stereocenters. The fourth-order valence-corrected chi connectivity index (χ4v) is 5.36. The van der Waals surface area contributed by atoms with Crippen LogP contribution in [0.5, 0.6) is 0 Å². The summed E-state index contributed by atoms with van der Waals surface area (Å²) in [5.74, 6) is 0.0516. The highest BCUT2D eigenvalue weighted by molar-refractivity contribution is 7.20. The van der Waals surface area contributed by atoms with E-state index in [9.17, 15) is 14.7 Å². The SMILES string of the molecule is C=CCOC(=O)c1sc2nc(CN(CC(O)COC(C)C)C3CCCCC3)[nH]c(=O)c2c1C. The monoisotopic (exact) mass is 477 g/mol. The van der Waals surface area contributed by atoms with Gasteiger partial charge in [-0.3, -0.25) is 9.69 Å². The Morgan fingerprint density at radius 1 is 1.36 bits per heavy atom. The number of carbonyl (C=O) groups is 1. The Morgan fingerprint density at radius 3 is 2.76 bits per heavy atom. The molecule has 2 aromatic heterocycles. The van der Waals surface area contributed by atoms with E-state index >= 15 is 0 Å². The number of nitrogens with zero attached hydrogens (tertiary/aromatic N) is 2. The van der Waals surface area contributed by atoms with Crippen LogP contribution in [-0.4, -0.2) is 64.0 Å². The number of aryl methyl sites for hydroxylation is 1. The van der Waals surface area contributed by atoms with Crippen LogP contribution in [0.4, 0.5) is 0 Å². The van der Waals surface area contributed by atoms with Gasteiger partial charge < -0.3 is 19.6 Å². The van der Waals surface area contributed by atoms with Gasteiger partial charge in [-0.1, -0.05) is 31.9 Å². The molecule has 1 saturated carbocycles. The van der Waals surface area contributed by atoms with Crippen LogP contribution in [0.15, 0.2) is 17.4 Å². The molecule has 2 aromatic rings. The number of ether oxygens (including phenoxy) is 2. The van der Waals surface area contributed by atoms with Gasteiger partial charge in [0.05, 0.1) is 30.7 Å². The van der Waals surface area contributed by atoms with Crippen LogP contribution in [0, 0.1) is 6.92 Å². The first-order chi connectivity index (χ1) is 15.8. The summed E-state index contributed by atoms with van der Waals surface area (Å²) in [5.41, 5.74) is 0.313. The number of carbonyl (C=O) groups excluding carboxylic acids is 1. The number of hydrogen-bond donors (Lipinski definition) is 2. The van der Waals surface area contributed by atoms with Gasteiger partial charge in [0.15, 0.2) is 0 Å². The van der Waals surface area contributed by atoms with Gasteiger partial charge in [-0.15, -0.1) is 11.3 Å². The molecule has 0 bridgehead atoms. The van der Waals surface area contributed by atoms with Gasteiger partial charge in [0, 0.05) is 12.6 Å². The van der Waals surface area contributed by atoms with Crippen molar-refractivity contribution in [3.63, 3.8) is 0 Å². The first-order valence-corrected chi connectivity index (χ1v) is 12.5. The zero-order valence-electron chi connectivity index (χ0n) is 19.8. The van der Waals surface area contributed by atoms with Crippen molar-refractivity contribution in [2.45, 2.75) is 77.7 Å². The molecule has 8 nitrogen and oxygen atoms in total. The number of aliphatic hydroxyl groups is 1. The van der Waals surface area contributed by atoms with Gasteiger partial charge in [-0.25, -0.2) is 9.78 Å². The molecule has 33 heavy (non-hydrogen) atoms. The number of nitrogens with one attached hydrogen (secondary N) is 1. The molecule has 1 aliphatic rings. The Kier molecular flexibility index (Phi) is 9.19. The lowest BCUT2D eigenvalue weighted by Gasteiger charge is -2.35. The Hall–Kier alpha value is -2.07. The number of aliphatic hydroxyl groups excluding tert-OH is 1. The summed E-state index contributed by atoms with van der Waals surface area (Å²) < 4.78 is 10.7. The van der Waals surface area contributed by atoms with Gasteiger partial charge in [-0.05, 0) is 39.2 Å².